The number of nitrogens with zero attached hydrogens (tertiary/aromatic N) is 1. The Kier molecular flexibility index (Phi) is 2.47. The molecule has 3 atom stereocenters. The smallest absolute Gasteiger partial charge is 0.115 e. The van der Waals surface area contributed by atoms with Crippen molar-refractivity contribution in [2.75, 3.05) is 13.6 Å². The molecule has 1 saturated heterocycles. The van der Waals surface area contributed by atoms with Crippen LogP contribution in [0.25, 0.3) is 0 Å². The molecule has 0 spiro atoms. The van der Waals surface area contributed by atoms with Gasteiger partial charge in [-0.3, -0.25) is 0 Å². The predicted octanol–water partition coefficient (Wildman–Crippen LogP) is 3.08. The highest BCUT2D eigenvalue weighted by Crippen LogP contribution is 2.55. The van der Waals surface area contributed by atoms with Crippen LogP contribution in [0.15, 0.2) is 18.2 Å². The molecular formula is C17H23NO. The van der Waals surface area contributed by atoms with Crippen LogP contribution in [-0.2, 0) is 11.8 Å². The van der Waals surface area contributed by atoms with Gasteiger partial charge in [-0.15, -0.1) is 0 Å². The molecule has 2 nitrogen and oxygen atoms in total. The van der Waals surface area contributed by atoms with Crippen LogP contribution >= 0.6 is 0 Å². The van der Waals surface area contributed by atoms with E-state index < -0.39 is 0 Å². The van der Waals surface area contributed by atoms with E-state index in [0.29, 0.717) is 11.2 Å². The Morgan fingerprint density at radius 1 is 1.26 bits per heavy atom. The molecule has 2 bridgehead atoms. The fourth-order valence-electron chi connectivity index (χ4n) is 5.18. The molecule has 2 fully saturated rings. The van der Waals surface area contributed by atoms with Crippen molar-refractivity contribution in [3.05, 3.63) is 29.3 Å². The van der Waals surface area contributed by atoms with Gasteiger partial charge in [0.2, 0.25) is 0 Å². The van der Waals surface area contributed by atoms with E-state index in [1.807, 2.05) is 6.07 Å². The topological polar surface area (TPSA) is 23.5 Å². The summed E-state index contributed by atoms with van der Waals surface area (Å²) in [6, 6.07) is 6.85. The lowest BCUT2D eigenvalue weighted by atomic mass is 9.52. The zero-order valence-corrected chi connectivity index (χ0v) is 11.7. The number of likely N-dealkylation sites (N-methyl/N-ethyl adjacent to an activating group) is 1. The first kappa shape index (κ1) is 11.8. The van der Waals surface area contributed by atoms with E-state index in [0.717, 1.165) is 12.0 Å². The molecule has 2 aliphatic carbocycles. The van der Waals surface area contributed by atoms with Gasteiger partial charge in [0.05, 0.1) is 0 Å². The zero-order valence-electron chi connectivity index (χ0n) is 11.7. The Bertz CT molecular complexity index is 512. The predicted molar refractivity (Wildman–Crippen MR) is 76.5 cm³/mol. The van der Waals surface area contributed by atoms with E-state index in [2.05, 4.69) is 24.1 Å². The maximum Gasteiger partial charge on any atom is 0.115 e. The number of fused-ring (bicyclic) bond motifs is 1. The first-order valence-corrected chi connectivity index (χ1v) is 7.73. The van der Waals surface area contributed by atoms with Crippen LogP contribution in [0.5, 0.6) is 5.75 Å². The SMILES string of the molecule is CN1CC[C@@]23CCCC[C@H]2C1Cc1ccc(O)cc13. The number of hydrogen-bond donors (Lipinski definition) is 1. The Morgan fingerprint density at radius 2 is 2.16 bits per heavy atom. The van der Waals surface area contributed by atoms with Crippen molar-refractivity contribution in [2.24, 2.45) is 5.92 Å². The number of hydrogen-bond acceptors (Lipinski definition) is 2. The third-order valence-electron chi connectivity index (χ3n) is 6.10. The first-order chi connectivity index (χ1) is 9.21. The van der Waals surface area contributed by atoms with Gasteiger partial charge in [0.25, 0.3) is 0 Å². The third-order valence-corrected chi connectivity index (χ3v) is 6.10. The standard InChI is InChI=1S/C17H23NO/c1-18-9-8-17-7-3-2-4-14(17)16(18)10-12-5-6-13(19)11-15(12)17/h5-6,11,14,16,19H,2-4,7-10H2,1H3/t14-,16?,17-/m0/s1. The average molecular weight is 257 g/mol. The molecule has 1 unspecified atom stereocenters. The van der Waals surface area contributed by atoms with E-state index >= 15 is 0 Å². The number of phenolic OH excluding ortho intramolecular Hbond substituents is 1. The van der Waals surface area contributed by atoms with Gasteiger partial charge in [-0.05, 0) is 68.5 Å². The molecule has 4 rings (SSSR count). The fraction of sp³-hybridized carbons (Fsp3) is 0.647. The lowest BCUT2D eigenvalue weighted by Gasteiger charge is -2.58. The molecule has 0 amide bonds. The van der Waals surface area contributed by atoms with Crippen molar-refractivity contribution in [2.45, 2.75) is 50.0 Å². The lowest BCUT2D eigenvalue weighted by Crippen LogP contribution is -2.59. The average Bonchev–Trinajstić information content (AvgIpc) is 2.43. The minimum atomic E-state index is 0.377. The van der Waals surface area contributed by atoms with Crippen molar-refractivity contribution in [3.63, 3.8) is 0 Å². The van der Waals surface area contributed by atoms with Crippen LogP contribution in [0.2, 0.25) is 0 Å². The minimum Gasteiger partial charge on any atom is -0.508 e. The van der Waals surface area contributed by atoms with Crippen LogP contribution in [-0.4, -0.2) is 29.6 Å². The Morgan fingerprint density at radius 3 is 3.05 bits per heavy atom. The molecule has 1 N–H and O–H groups in total. The summed E-state index contributed by atoms with van der Waals surface area (Å²) >= 11 is 0. The summed E-state index contributed by atoms with van der Waals surface area (Å²) in [4.78, 5) is 2.59. The van der Waals surface area contributed by atoms with Crippen molar-refractivity contribution >= 4 is 0 Å². The van der Waals surface area contributed by atoms with Crippen molar-refractivity contribution in [3.8, 4) is 5.75 Å². The normalized spacial score (nSPS) is 37.5. The second kappa shape index (κ2) is 3.99. The van der Waals surface area contributed by atoms with Gasteiger partial charge in [-0.25, -0.2) is 0 Å². The Balaban J connectivity index is 1.90. The molecular weight excluding hydrogens is 234 g/mol. The summed E-state index contributed by atoms with van der Waals surface area (Å²) in [6.07, 6.45) is 7.93. The highest BCUT2D eigenvalue weighted by molar-refractivity contribution is 5.45. The summed E-state index contributed by atoms with van der Waals surface area (Å²) in [5.41, 5.74) is 3.36. The van der Waals surface area contributed by atoms with Gasteiger partial charge < -0.3 is 10.0 Å². The van der Waals surface area contributed by atoms with Crippen molar-refractivity contribution in [1.82, 2.24) is 4.90 Å². The number of likely N-dealkylation sites (tertiary alicyclic amines) is 1. The third kappa shape index (κ3) is 1.53. The number of aromatic hydroxyl groups is 1. The highest BCUT2D eigenvalue weighted by Gasteiger charge is 2.52. The Hall–Kier alpha value is -1.02. The van der Waals surface area contributed by atoms with Crippen molar-refractivity contribution in [1.29, 1.82) is 0 Å². The number of benzene rings is 1. The summed E-state index contributed by atoms with van der Waals surface area (Å²) < 4.78 is 0. The van der Waals surface area contributed by atoms with E-state index in [-0.39, 0.29) is 0 Å². The van der Waals surface area contributed by atoms with Gasteiger partial charge >= 0.3 is 0 Å². The molecule has 3 aliphatic rings. The molecule has 19 heavy (non-hydrogen) atoms. The second-order valence-corrected chi connectivity index (χ2v) is 6.85. The largest absolute Gasteiger partial charge is 0.508 e. The van der Waals surface area contributed by atoms with Crippen LogP contribution in [0, 0.1) is 5.92 Å². The molecule has 2 heteroatoms. The van der Waals surface area contributed by atoms with Gasteiger partial charge in [0, 0.05) is 11.5 Å². The second-order valence-electron chi connectivity index (χ2n) is 6.85. The summed E-state index contributed by atoms with van der Waals surface area (Å²) in [6.45, 7) is 1.22. The van der Waals surface area contributed by atoms with Gasteiger partial charge in [-0.2, -0.15) is 0 Å². The fourth-order valence-corrected chi connectivity index (χ4v) is 5.18. The molecule has 102 valence electrons. The molecule has 1 heterocycles. The molecule has 1 aliphatic heterocycles. The van der Waals surface area contributed by atoms with Crippen LogP contribution in [0.3, 0.4) is 0 Å². The number of phenols is 1. The minimum absolute atomic E-state index is 0.377. The number of rotatable bonds is 0. The molecule has 0 aromatic heterocycles. The monoisotopic (exact) mass is 257 g/mol. The van der Waals surface area contributed by atoms with E-state index in [9.17, 15) is 5.11 Å². The molecule has 0 radical (unpaired) electrons. The molecule has 1 saturated carbocycles. The molecule has 1 aromatic rings. The van der Waals surface area contributed by atoms with Crippen LogP contribution in [0.1, 0.15) is 43.2 Å². The van der Waals surface area contributed by atoms with E-state index in [4.69, 9.17) is 0 Å². The van der Waals surface area contributed by atoms with E-state index in [1.165, 1.54) is 56.2 Å². The summed E-state index contributed by atoms with van der Waals surface area (Å²) in [7, 11) is 2.30. The van der Waals surface area contributed by atoms with Crippen LogP contribution in [0.4, 0.5) is 0 Å². The molecule has 1 aromatic carbocycles. The maximum atomic E-state index is 9.91. The maximum absolute atomic E-state index is 9.91. The zero-order chi connectivity index (χ0) is 13.0. The van der Waals surface area contributed by atoms with Gasteiger partial charge in [0.15, 0.2) is 0 Å². The quantitative estimate of drug-likeness (QED) is 0.772. The van der Waals surface area contributed by atoms with Gasteiger partial charge in [-0.1, -0.05) is 18.9 Å². The van der Waals surface area contributed by atoms with Gasteiger partial charge in [0.1, 0.15) is 5.75 Å². The number of piperidine rings is 1. The Labute approximate surface area is 115 Å². The summed E-state index contributed by atoms with van der Waals surface area (Å²) in [5, 5.41) is 9.91. The lowest BCUT2D eigenvalue weighted by molar-refractivity contribution is 0.00274. The van der Waals surface area contributed by atoms with Crippen molar-refractivity contribution < 1.29 is 5.11 Å². The highest BCUT2D eigenvalue weighted by atomic mass is 16.3. The van der Waals surface area contributed by atoms with E-state index in [1.54, 1.807) is 0 Å². The van der Waals surface area contributed by atoms with Crippen LogP contribution < -0.4 is 0 Å². The first-order valence-electron chi connectivity index (χ1n) is 7.73. The summed E-state index contributed by atoms with van der Waals surface area (Å²) in [5.74, 6) is 1.27.